The van der Waals surface area contributed by atoms with Crippen molar-refractivity contribution in [3.8, 4) is 11.5 Å². The Kier molecular flexibility index (Phi) is 15.0. The van der Waals surface area contributed by atoms with E-state index in [2.05, 4.69) is 62.0 Å². The molecule has 12 heteroatoms. The third-order valence-corrected chi connectivity index (χ3v) is 8.35. The highest BCUT2D eigenvalue weighted by molar-refractivity contribution is 8.00. The zero-order valence-electron chi connectivity index (χ0n) is 32.5. The molecule has 2 rings (SSSR count). The quantitative estimate of drug-likeness (QED) is 0.0815. The van der Waals surface area contributed by atoms with E-state index in [0.29, 0.717) is 11.5 Å². The van der Waals surface area contributed by atoms with Crippen molar-refractivity contribution in [1.29, 1.82) is 0 Å². The zero-order chi connectivity index (χ0) is 38.0. The third kappa shape index (κ3) is 18.8. The Morgan fingerprint density at radius 3 is 1.06 bits per heavy atom. The van der Waals surface area contributed by atoms with Crippen LogP contribution in [0.3, 0.4) is 0 Å². The van der Waals surface area contributed by atoms with Crippen molar-refractivity contribution in [3.05, 3.63) is 48.5 Å². The number of benzene rings is 2. The third-order valence-electron chi connectivity index (χ3n) is 6.11. The van der Waals surface area contributed by atoms with Crippen LogP contribution in [-0.2, 0) is 19.4 Å². The molecule has 278 valence electrons. The van der Waals surface area contributed by atoms with Crippen LogP contribution >= 0.6 is 23.5 Å². The van der Waals surface area contributed by atoms with Gasteiger partial charge in [-0.2, -0.15) is 10.2 Å². The van der Waals surface area contributed by atoms with Crippen LogP contribution in [0, 0.1) is 0 Å². The molecule has 0 saturated carbocycles. The number of thioether (sulfide) groups is 2. The Labute approximate surface area is 308 Å². The van der Waals surface area contributed by atoms with Gasteiger partial charge in [0.05, 0.1) is 23.9 Å². The maximum atomic E-state index is 12.7. The summed E-state index contributed by atoms with van der Waals surface area (Å²) in [5.74, 6) is -0.300. The van der Waals surface area contributed by atoms with Crippen molar-refractivity contribution in [2.75, 3.05) is 0 Å². The molecule has 10 nitrogen and oxygen atoms in total. The average Bonchev–Trinajstić information content (AvgIpc) is 2.96. The first-order valence-corrected chi connectivity index (χ1v) is 18.6. The molecule has 2 atom stereocenters. The maximum Gasteiger partial charge on any atom is 0.355 e. The minimum atomic E-state index is -1.17. The van der Waals surface area contributed by atoms with Crippen LogP contribution in [0.25, 0.3) is 0 Å². The van der Waals surface area contributed by atoms with Gasteiger partial charge in [0.25, 0.3) is 0 Å². The molecule has 2 aromatic rings. The Morgan fingerprint density at radius 2 is 0.800 bits per heavy atom. The summed E-state index contributed by atoms with van der Waals surface area (Å²) in [4.78, 5) is 37.4. The number of carbonyl (C=O) groups excluding carboxylic acids is 2. The lowest BCUT2D eigenvalue weighted by atomic mass is 10.1. The lowest BCUT2D eigenvalue weighted by molar-refractivity contribution is -0.259. The van der Waals surface area contributed by atoms with Crippen molar-refractivity contribution in [1.82, 2.24) is 0 Å². The fourth-order valence-corrected chi connectivity index (χ4v) is 5.92. The van der Waals surface area contributed by atoms with Gasteiger partial charge < -0.3 is 9.47 Å². The minimum Gasteiger partial charge on any atom is -0.465 e. The first-order chi connectivity index (χ1) is 22.7. The Morgan fingerprint density at radius 1 is 0.500 bits per heavy atom. The molecule has 0 fully saturated rings. The highest BCUT2D eigenvalue weighted by Crippen LogP contribution is 2.35. The van der Waals surface area contributed by atoms with Gasteiger partial charge in [-0.1, -0.05) is 41.5 Å². The highest BCUT2D eigenvalue weighted by Gasteiger charge is 2.31. The van der Waals surface area contributed by atoms with E-state index in [1.807, 2.05) is 90.1 Å². The van der Waals surface area contributed by atoms with Gasteiger partial charge in [0.2, 0.25) is 11.4 Å². The molecule has 50 heavy (non-hydrogen) atoms. The predicted molar refractivity (Wildman–Crippen MR) is 202 cm³/mol. The lowest BCUT2D eigenvalue weighted by Crippen LogP contribution is -2.32. The van der Waals surface area contributed by atoms with Crippen molar-refractivity contribution < 1.29 is 28.8 Å². The number of carbonyl (C=O) groups is 2. The first-order valence-electron chi connectivity index (χ1n) is 17.0. The van der Waals surface area contributed by atoms with Crippen LogP contribution in [0.15, 0.2) is 78.8 Å². The van der Waals surface area contributed by atoms with Crippen molar-refractivity contribution in [2.45, 2.75) is 164 Å². The Hall–Kier alpha value is -3.12. The monoisotopic (exact) mass is 730 g/mol. The van der Waals surface area contributed by atoms with Crippen LogP contribution in [0.2, 0.25) is 0 Å². The van der Waals surface area contributed by atoms with Gasteiger partial charge in [-0.25, -0.2) is 19.4 Å². The van der Waals surface area contributed by atoms with Crippen molar-refractivity contribution >= 4 is 35.5 Å². The number of azo groups is 2. The lowest BCUT2D eigenvalue weighted by Gasteiger charge is -2.27. The number of hydrogen-bond acceptors (Lipinski definition) is 12. The molecule has 0 aliphatic rings. The van der Waals surface area contributed by atoms with Gasteiger partial charge >= 0.3 is 11.9 Å². The second-order valence-corrected chi connectivity index (χ2v) is 20.4. The van der Waals surface area contributed by atoms with Crippen LogP contribution in [0.5, 0.6) is 11.5 Å². The van der Waals surface area contributed by atoms with E-state index >= 15 is 0 Å². The van der Waals surface area contributed by atoms with Gasteiger partial charge in [0, 0.05) is 32.1 Å². The summed E-state index contributed by atoms with van der Waals surface area (Å²) < 4.78 is 12.6. The van der Waals surface area contributed by atoms with Crippen molar-refractivity contribution in [3.63, 3.8) is 0 Å². The van der Waals surface area contributed by atoms with Crippen molar-refractivity contribution in [2.24, 2.45) is 20.5 Å². The standard InChI is InChI=1S/C38H58N4O6S2/c1-33(2,3)39-41-37(13,45-27-15-19-29(20-16-27)49-35(7,8)9)25-23-31(43)47-48-32(44)24-26-38(14,42-40-34(4,5)6)46-28-17-21-30(22-18-28)50-36(10,11)12/h15-22H,23-26H2,1-14H3. The molecular formula is C38H58N4O6S2. The van der Waals surface area contributed by atoms with Crippen LogP contribution in [-0.4, -0.2) is 44.0 Å². The molecular weight excluding hydrogens is 673 g/mol. The van der Waals surface area contributed by atoms with Crippen LogP contribution < -0.4 is 9.47 Å². The molecule has 0 aliphatic heterocycles. The summed E-state index contributed by atoms with van der Waals surface area (Å²) >= 11 is 3.51. The van der Waals surface area contributed by atoms with Crippen LogP contribution in [0.4, 0.5) is 0 Å². The summed E-state index contributed by atoms with van der Waals surface area (Å²) in [5.41, 5.74) is -3.24. The molecule has 2 aromatic carbocycles. The summed E-state index contributed by atoms with van der Waals surface area (Å²) in [5, 5.41) is 17.7. The summed E-state index contributed by atoms with van der Waals surface area (Å²) in [6.07, 6.45) is 0.00521. The number of rotatable bonds is 14. The minimum absolute atomic E-state index is 0.0740. The van der Waals surface area contributed by atoms with E-state index in [4.69, 9.17) is 19.2 Å². The predicted octanol–water partition coefficient (Wildman–Crippen LogP) is 11.4. The van der Waals surface area contributed by atoms with Gasteiger partial charge in [-0.15, -0.1) is 33.8 Å². The molecule has 2 unspecified atom stereocenters. The molecule has 0 spiro atoms. The Bertz CT molecular complexity index is 1340. The topological polar surface area (TPSA) is 120 Å². The van der Waals surface area contributed by atoms with E-state index in [0.717, 1.165) is 9.79 Å². The highest BCUT2D eigenvalue weighted by atomic mass is 32.2. The SMILES string of the molecule is CC(C)(C)N=NC(C)(CCC(=O)OOC(=O)CCC(C)(N=NC(C)(C)C)Oc1ccc(SC(C)(C)C)cc1)Oc1ccc(SC(C)(C)C)cc1. The molecule has 0 aromatic heterocycles. The molecule has 0 radical (unpaired) electrons. The largest absolute Gasteiger partial charge is 0.465 e. The summed E-state index contributed by atoms with van der Waals surface area (Å²) in [7, 11) is 0. The van der Waals surface area contributed by atoms with Gasteiger partial charge in [-0.05, 0) is 104 Å². The van der Waals surface area contributed by atoms with E-state index in [1.165, 1.54) is 0 Å². The Balaban J connectivity index is 2.03. The molecule has 0 N–H and O–H groups in total. The zero-order valence-corrected chi connectivity index (χ0v) is 34.1. The molecule has 0 bridgehead atoms. The van der Waals surface area contributed by atoms with Crippen LogP contribution in [0.1, 0.15) is 123 Å². The van der Waals surface area contributed by atoms with E-state index < -0.39 is 34.5 Å². The second kappa shape index (κ2) is 17.4. The van der Waals surface area contributed by atoms with E-state index in [-0.39, 0.29) is 35.2 Å². The fourth-order valence-electron chi connectivity index (χ4n) is 3.97. The fraction of sp³-hybridized carbons (Fsp3) is 0.632. The van der Waals surface area contributed by atoms with E-state index in [1.54, 1.807) is 37.4 Å². The van der Waals surface area contributed by atoms with Gasteiger partial charge in [0.1, 0.15) is 11.5 Å². The molecule has 0 aliphatic carbocycles. The average molecular weight is 731 g/mol. The number of nitrogens with zero attached hydrogens (tertiary/aromatic N) is 4. The first kappa shape index (κ1) is 43.0. The molecule has 0 heterocycles. The summed E-state index contributed by atoms with van der Waals surface area (Å²) in [6, 6.07) is 15.5. The summed E-state index contributed by atoms with van der Waals surface area (Å²) in [6.45, 7) is 28.0. The molecule has 0 saturated heterocycles. The maximum absolute atomic E-state index is 12.7. The van der Waals surface area contributed by atoms with E-state index in [9.17, 15) is 9.59 Å². The van der Waals surface area contributed by atoms with Gasteiger partial charge in [0.15, 0.2) is 0 Å². The molecule has 0 amide bonds. The number of ether oxygens (including phenoxy) is 2. The normalized spacial score (nSPS) is 15.4. The van der Waals surface area contributed by atoms with Gasteiger partial charge in [-0.3, -0.25) is 0 Å². The second-order valence-electron chi connectivity index (χ2n) is 16.6. The number of hydrogen-bond donors (Lipinski definition) is 0. The smallest absolute Gasteiger partial charge is 0.355 e.